The minimum Gasteiger partial charge on any atom is -0.462 e. The summed E-state index contributed by atoms with van der Waals surface area (Å²) in [5.41, 5.74) is 0. The molecule has 6 heteroatoms. The number of allylic oxidation sites excluding steroid dienone is 10. The van der Waals surface area contributed by atoms with E-state index in [1.165, 1.54) is 83.5 Å². The lowest BCUT2D eigenvalue weighted by Crippen LogP contribution is -2.28. The largest absolute Gasteiger partial charge is 0.462 e. The van der Waals surface area contributed by atoms with Gasteiger partial charge in [0.2, 0.25) is 0 Å². The van der Waals surface area contributed by atoms with E-state index < -0.39 is 24.8 Å². The zero-order valence-corrected chi connectivity index (χ0v) is 32.0. The first-order chi connectivity index (χ1) is 24.5. The molecule has 0 saturated carbocycles. The molecule has 286 valence electrons. The normalized spacial score (nSPS) is 13.6. The Kier molecular flexibility index (Phi) is 37.0. The van der Waals surface area contributed by atoms with Gasteiger partial charge < -0.3 is 19.7 Å². The van der Waals surface area contributed by atoms with Crippen LogP contribution in [0.15, 0.2) is 72.9 Å². The lowest BCUT2D eigenvalue weighted by Gasteiger charge is -2.15. The Labute approximate surface area is 306 Å². The smallest absolute Gasteiger partial charge is 0.306 e. The van der Waals surface area contributed by atoms with Crippen LogP contribution in [0, 0.1) is 0 Å². The summed E-state index contributed by atoms with van der Waals surface area (Å²) in [5.74, 6) is -0.773. The molecule has 0 aromatic rings. The number of rotatable bonds is 35. The molecule has 0 bridgehead atoms. The van der Waals surface area contributed by atoms with Crippen molar-refractivity contribution in [2.24, 2.45) is 0 Å². The molecule has 0 saturated heterocycles. The van der Waals surface area contributed by atoms with Crippen molar-refractivity contribution in [2.75, 3.05) is 13.2 Å². The van der Waals surface area contributed by atoms with Gasteiger partial charge in [0.1, 0.15) is 6.61 Å². The SMILES string of the molecule is CC/C=C\C/C=C\C/C=C\C/C=C\C=C/C(O)C/C=C\CCC(=O)O[C@@H](CO)COC(=O)CCCCCCCCCCCCCCCCCC. The van der Waals surface area contributed by atoms with Crippen LogP contribution in [0.2, 0.25) is 0 Å². The van der Waals surface area contributed by atoms with Gasteiger partial charge in [-0.15, -0.1) is 0 Å². The van der Waals surface area contributed by atoms with Gasteiger partial charge in [0.25, 0.3) is 0 Å². The van der Waals surface area contributed by atoms with Crippen LogP contribution in [0.1, 0.15) is 168 Å². The third-order valence-electron chi connectivity index (χ3n) is 8.36. The van der Waals surface area contributed by atoms with Crippen molar-refractivity contribution < 1.29 is 29.3 Å². The number of aliphatic hydroxyl groups excluding tert-OH is 2. The van der Waals surface area contributed by atoms with Crippen LogP contribution < -0.4 is 0 Å². The van der Waals surface area contributed by atoms with Crippen molar-refractivity contribution in [2.45, 2.75) is 180 Å². The van der Waals surface area contributed by atoms with Crippen LogP contribution in [0.5, 0.6) is 0 Å². The van der Waals surface area contributed by atoms with Crippen LogP contribution in [-0.4, -0.2) is 47.6 Å². The van der Waals surface area contributed by atoms with Gasteiger partial charge in [0.05, 0.1) is 12.7 Å². The molecular formula is C44H74O6. The number of carbonyl (C=O) groups excluding carboxylic acids is 2. The Morgan fingerprint density at radius 3 is 1.64 bits per heavy atom. The molecule has 6 nitrogen and oxygen atoms in total. The molecule has 0 aromatic heterocycles. The number of esters is 2. The van der Waals surface area contributed by atoms with Crippen molar-refractivity contribution in [3.05, 3.63) is 72.9 Å². The van der Waals surface area contributed by atoms with Gasteiger partial charge in [-0.1, -0.05) is 183 Å². The number of hydrogen-bond donors (Lipinski definition) is 2. The van der Waals surface area contributed by atoms with Crippen molar-refractivity contribution in [1.29, 1.82) is 0 Å². The lowest BCUT2D eigenvalue weighted by molar-refractivity contribution is -0.161. The summed E-state index contributed by atoms with van der Waals surface area (Å²) in [6.45, 7) is 3.87. The van der Waals surface area contributed by atoms with Crippen LogP contribution in [0.25, 0.3) is 0 Å². The molecule has 0 aliphatic rings. The van der Waals surface area contributed by atoms with Crippen molar-refractivity contribution in [3.63, 3.8) is 0 Å². The van der Waals surface area contributed by atoms with Crippen molar-refractivity contribution in [3.8, 4) is 0 Å². The topological polar surface area (TPSA) is 93.1 Å². The Bertz CT molecular complexity index is 944. The molecule has 0 aliphatic carbocycles. The minimum absolute atomic E-state index is 0.131. The van der Waals surface area contributed by atoms with Crippen LogP contribution >= 0.6 is 0 Å². The Morgan fingerprint density at radius 2 is 1.10 bits per heavy atom. The molecule has 0 spiro atoms. The Morgan fingerprint density at radius 1 is 0.580 bits per heavy atom. The van der Waals surface area contributed by atoms with Gasteiger partial charge >= 0.3 is 11.9 Å². The minimum atomic E-state index is -0.855. The van der Waals surface area contributed by atoms with E-state index in [4.69, 9.17) is 9.47 Å². The highest BCUT2D eigenvalue weighted by Gasteiger charge is 2.15. The molecule has 0 radical (unpaired) electrons. The summed E-state index contributed by atoms with van der Waals surface area (Å²) >= 11 is 0. The van der Waals surface area contributed by atoms with Gasteiger partial charge in [0.15, 0.2) is 6.10 Å². The van der Waals surface area contributed by atoms with E-state index in [9.17, 15) is 19.8 Å². The fraction of sp³-hybridized carbons (Fsp3) is 0.682. The molecule has 0 aliphatic heterocycles. The highest BCUT2D eigenvalue weighted by molar-refractivity contribution is 5.70. The maximum atomic E-state index is 12.2. The van der Waals surface area contributed by atoms with Crippen molar-refractivity contribution in [1.82, 2.24) is 0 Å². The Balaban J connectivity index is 3.79. The number of ether oxygens (including phenoxy) is 2. The van der Waals surface area contributed by atoms with Gasteiger partial charge in [-0.3, -0.25) is 9.59 Å². The number of hydrogen-bond acceptors (Lipinski definition) is 6. The molecule has 2 atom stereocenters. The molecule has 0 fully saturated rings. The molecule has 1 unspecified atom stereocenters. The summed E-state index contributed by atoms with van der Waals surface area (Å²) in [7, 11) is 0. The zero-order valence-electron chi connectivity index (χ0n) is 32.0. The fourth-order valence-corrected chi connectivity index (χ4v) is 5.31. The summed E-state index contributed by atoms with van der Waals surface area (Å²) in [6.07, 6.45) is 48.5. The van der Waals surface area contributed by atoms with Gasteiger partial charge in [-0.2, -0.15) is 0 Å². The van der Waals surface area contributed by atoms with E-state index in [-0.39, 0.29) is 19.0 Å². The number of carbonyl (C=O) groups is 2. The molecule has 0 amide bonds. The first kappa shape index (κ1) is 47.3. The monoisotopic (exact) mass is 699 g/mol. The second-order valence-corrected chi connectivity index (χ2v) is 13.2. The standard InChI is InChI=1S/C44H74O6/c1-3-5-7-9-11-13-15-17-18-19-21-23-25-27-29-33-37-43(47)49-40-42(39-45)50-44(48)38-34-30-32-36-41(46)35-31-28-26-24-22-20-16-14-12-10-8-6-4-2/h6,8,12,14,20,22,26,28,30-32,35,41-42,45-46H,3-5,7,9-11,13,15-19,21,23-25,27,29,33-34,36-40H2,1-2H3/b8-6-,14-12-,22-20-,28-26-,32-30-,35-31-/t41?,42-/m0/s1. The summed E-state index contributed by atoms with van der Waals surface area (Å²) in [4.78, 5) is 24.3. The quantitative estimate of drug-likeness (QED) is 0.0296. The van der Waals surface area contributed by atoms with Gasteiger partial charge in [0, 0.05) is 12.8 Å². The molecule has 0 heterocycles. The summed E-state index contributed by atoms with van der Waals surface area (Å²) < 4.78 is 10.5. The molecule has 50 heavy (non-hydrogen) atoms. The summed E-state index contributed by atoms with van der Waals surface area (Å²) in [6, 6.07) is 0. The molecule has 0 rings (SSSR count). The average molecular weight is 699 g/mol. The second-order valence-electron chi connectivity index (χ2n) is 13.2. The van der Waals surface area contributed by atoms with Crippen LogP contribution in [0.4, 0.5) is 0 Å². The predicted octanol–water partition coefficient (Wildman–Crippen LogP) is 11.5. The third-order valence-corrected chi connectivity index (χ3v) is 8.36. The summed E-state index contributed by atoms with van der Waals surface area (Å²) in [5, 5.41) is 19.6. The highest BCUT2D eigenvalue weighted by Crippen LogP contribution is 2.14. The Hall–Kier alpha value is -2.70. The van der Waals surface area contributed by atoms with Crippen LogP contribution in [0.3, 0.4) is 0 Å². The van der Waals surface area contributed by atoms with E-state index >= 15 is 0 Å². The molecule has 0 aromatic carbocycles. The maximum Gasteiger partial charge on any atom is 0.306 e. The van der Waals surface area contributed by atoms with E-state index in [1.54, 1.807) is 6.08 Å². The molecule has 2 N–H and O–H groups in total. The fourth-order valence-electron chi connectivity index (χ4n) is 5.31. The average Bonchev–Trinajstić information content (AvgIpc) is 3.11. The lowest BCUT2D eigenvalue weighted by atomic mass is 10.0. The van der Waals surface area contributed by atoms with E-state index in [0.29, 0.717) is 19.3 Å². The van der Waals surface area contributed by atoms with Crippen LogP contribution in [-0.2, 0) is 19.1 Å². The van der Waals surface area contributed by atoms with Gasteiger partial charge in [-0.05, 0) is 44.9 Å². The zero-order chi connectivity index (χ0) is 36.6. The maximum absolute atomic E-state index is 12.2. The van der Waals surface area contributed by atoms with Crippen molar-refractivity contribution >= 4 is 11.9 Å². The predicted molar refractivity (Wildman–Crippen MR) is 211 cm³/mol. The van der Waals surface area contributed by atoms with E-state index in [2.05, 4.69) is 50.3 Å². The number of unbranched alkanes of at least 4 members (excludes halogenated alkanes) is 15. The number of aliphatic hydroxyl groups is 2. The highest BCUT2D eigenvalue weighted by atomic mass is 16.6. The van der Waals surface area contributed by atoms with E-state index in [1.807, 2.05) is 30.4 Å². The van der Waals surface area contributed by atoms with Gasteiger partial charge in [-0.25, -0.2) is 0 Å². The first-order valence-electron chi connectivity index (χ1n) is 20.1. The van der Waals surface area contributed by atoms with E-state index in [0.717, 1.165) is 44.9 Å². The second kappa shape index (κ2) is 39.1. The third kappa shape index (κ3) is 36.6. The molecular weight excluding hydrogens is 624 g/mol. The first-order valence-corrected chi connectivity index (χ1v) is 20.1.